The summed E-state index contributed by atoms with van der Waals surface area (Å²) in [6.45, 7) is 3.87. The van der Waals surface area contributed by atoms with Crippen molar-refractivity contribution in [1.29, 1.82) is 0 Å². The first-order chi connectivity index (χ1) is 8.15. The molecule has 0 atom stereocenters. The van der Waals surface area contributed by atoms with Crippen LogP contribution >= 0.6 is 0 Å². The zero-order valence-electron chi connectivity index (χ0n) is 9.94. The van der Waals surface area contributed by atoms with E-state index in [-0.39, 0.29) is 5.78 Å². The van der Waals surface area contributed by atoms with Crippen LogP contribution in [0.5, 0.6) is 0 Å². The van der Waals surface area contributed by atoms with Crippen LogP contribution in [0.25, 0.3) is 6.08 Å². The third kappa shape index (κ3) is 2.94. The fourth-order valence-corrected chi connectivity index (χ4v) is 1.51. The molecule has 0 saturated heterocycles. The van der Waals surface area contributed by atoms with Crippen LogP contribution in [-0.4, -0.2) is 5.78 Å². The fraction of sp³-hybridized carbons (Fsp3) is 0.133. The van der Waals surface area contributed by atoms with Crippen LogP contribution in [0.3, 0.4) is 0 Å². The van der Waals surface area contributed by atoms with Gasteiger partial charge in [-0.05, 0) is 38.1 Å². The SMILES string of the molecule is Cc1ccc(C(=O)C=Cc2ccc(C)o2)cc1. The Morgan fingerprint density at radius 3 is 2.35 bits per heavy atom. The summed E-state index contributed by atoms with van der Waals surface area (Å²) < 4.78 is 5.35. The average molecular weight is 226 g/mol. The van der Waals surface area contributed by atoms with Crippen LogP contribution in [-0.2, 0) is 0 Å². The summed E-state index contributed by atoms with van der Waals surface area (Å²) in [5.41, 5.74) is 1.84. The van der Waals surface area contributed by atoms with Crippen molar-refractivity contribution in [3.8, 4) is 0 Å². The molecule has 2 nitrogen and oxygen atoms in total. The molecule has 0 aliphatic rings. The highest BCUT2D eigenvalue weighted by atomic mass is 16.3. The Labute approximate surface area is 101 Å². The topological polar surface area (TPSA) is 30.2 Å². The molecule has 0 bridgehead atoms. The number of allylic oxidation sites excluding steroid dienone is 1. The number of carbonyl (C=O) groups is 1. The lowest BCUT2D eigenvalue weighted by Gasteiger charge is -1.96. The summed E-state index contributed by atoms with van der Waals surface area (Å²) in [4.78, 5) is 11.8. The Morgan fingerprint density at radius 2 is 1.76 bits per heavy atom. The lowest BCUT2D eigenvalue weighted by Crippen LogP contribution is -1.93. The van der Waals surface area contributed by atoms with Crippen LogP contribution in [0.2, 0.25) is 0 Å². The Kier molecular flexibility index (Phi) is 3.24. The molecule has 86 valence electrons. The van der Waals surface area contributed by atoms with Gasteiger partial charge in [0.2, 0.25) is 0 Å². The predicted molar refractivity (Wildman–Crippen MR) is 68.0 cm³/mol. The highest BCUT2D eigenvalue weighted by Gasteiger charge is 2.01. The van der Waals surface area contributed by atoms with Crippen LogP contribution in [0, 0.1) is 13.8 Å². The number of carbonyl (C=O) groups excluding carboxylic acids is 1. The van der Waals surface area contributed by atoms with E-state index in [0.717, 1.165) is 11.3 Å². The van der Waals surface area contributed by atoms with Crippen molar-refractivity contribution in [3.63, 3.8) is 0 Å². The van der Waals surface area contributed by atoms with E-state index in [1.165, 1.54) is 6.08 Å². The first-order valence-electron chi connectivity index (χ1n) is 5.51. The van der Waals surface area contributed by atoms with Crippen molar-refractivity contribution >= 4 is 11.9 Å². The van der Waals surface area contributed by atoms with E-state index in [2.05, 4.69) is 0 Å². The van der Waals surface area contributed by atoms with E-state index < -0.39 is 0 Å². The minimum absolute atomic E-state index is 0.0148. The van der Waals surface area contributed by atoms with E-state index in [4.69, 9.17) is 4.42 Å². The number of benzene rings is 1. The molecule has 0 unspecified atom stereocenters. The van der Waals surface area contributed by atoms with E-state index in [1.54, 1.807) is 6.08 Å². The molecule has 0 radical (unpaired) electrons. The van der Waals surface area contributed by atoms with Gasteiger partial charge in [0, 0.05) is 5.56 Å². The van der Waals surface area contributed by atoms with Crippen molar-refractivity contribution in [3.05, 3.63) is 65.1 Å². The van der Waals surface area contributed by atoms with Crippen LogP contribution in [0.1, 0.15) is 27.4 Å². The smallest absolute Gasteiger partial charge is 0.185 e. The lowest BCUT2D eigenvalue weighted by atomic mass is 10.1. The molecule has 0 saturated carbocycles. The molecule has 17 heavy (non-hydrogen) atoms. The van der Waals surface area contributed by atoms with Gasteiger partial charge < -0.3 is 4.42 Å². The zero-order valence-corrected chi connectivity index (χ0v) is 9.94. The van der Waals surface area contributed by atoms with Crippen molar-refractivity contribution in [1.82, 2.24) is 0 Å². The van der Waals surface area contributed by atoms with Gasteiger partial charge in [0.1, 0.15) is 11.5 Å². The number of aryl methyl sites for hydroxylation is 2. The monoisotopic (exact) mass is 226 g/mol. The predicted octanol–water partition coefficient (Wildman–Crippen LogP) is 3.79. The van der Waals surface area contributed by atoms with Gasteiger partial charge in [-0.3, -0.25) is 4.79 Å². The summed E-state index contributed by atoms with van der Waals surface area (Å²) >= 11 is 0. The quantitative estimate of drug-likeness (QED) is 0.588. The molecule has 1 aromatic heterocycles. The van der Waals surface area contributed by atoms with Crippen LogP contribution in [0.15, 0.2) is 46.9 Å². The summed E-state index contributed by atoms with van der Waals surface area (Å²) in [6.07, 6.45) is 3.22. The van der Waals surface area contributed by atoms with Gasteiger partial charge in [0.15, 0.2) is 5.78 Å². The van der Waals surface area contributed by atoms with Gasteiger partial charge in [-0.25, -0.2) is 0 Å². The molecular weight excluding hydrogens is 212 g/mol. The van der Waals surface area contributed by atoms with Gasteiger partial charge >= 0.3 is 0 Å². The average Bonchev–Trinajstić information content (AvgIpc) is 2.73. The van der Waals surface area contributed by atoms with Gasteiger partial charge in [-0.2, -0.15) is 0 Å². The minimum Gasteiger partial charge on any atom is -0.462 e. The molecule has 0 fully saturated rings. The first kappa shape index (κ1) is 11.4. The lowest BCUT2D eigenvalue weighted by molar-refractivity contribution is 0.104. The van der Waals surface area contributed by atoms with E-state index in [0.29, 0.717) is 11.3 Å². The van der Waals surface area contributed by atoms with E-state index in [1.807, 2.05) is 50.2 Å². The Hall–Kier alpha value is -2.09. The Bertz CT molecular complexity index is 545. The second-order valence-corrected chi connectivity index (χ2v) is 4.01. The third-order valence-electron chi connectivity index (χ3n) is 2.50. The molecule has 2 heteroatoms. The first-order valence-corrected chi connectivity index (χ1v) is 5.51. The molecule has 1 aromatic carbocycles. The van der Waals surface area contributed by atoms with Crippen molar-refractivity contribution in [2.45, 2.75) is 13.8 Å². The molecule has 0 aliphatic heterocycles. The van der Waals surface area contributed by atoms with Gasteiger partial charge in [0.25, 0.3) is 0 Å². The van der Waals surface area contributed by atoms with Crippen LogP contribution in [0.4, 0.5) is 0 Å². The summed E-state index contributed by atoms with van der Waals surface area (Å²) in [6, 6.07) is 11.2. The maximum atomic E-state index is 11.8. The van der Waals surface area contributed by atoms with Crippen molar-refractivity contribution in [2.75, 3.05) is 0 Å². The normalized spacial score (nSPS) is 10.9. The Balaban J connectivity index is 2.11. The van der Waals surface area contributed by atoms with Gasteiger partial charge in [-0.1, -0.05) is 29.8 Å². The molecular formula is C15H14O2. The molecule has 2 rings (SSSR count). The second-order valence-electron chi connectivity index (χ2n) is 4.01. The third-order valence-corrected chi connectivity index (χ3v) is 2.50. The molecule has 0 amide bonds. The molecule has 1 heterocycles. The summed E-state index contributed by atoms with van der Waals surface area (Å²) in [7, 11) is 0. The molecule has 0 aliphatic carbocycles. The highest BCUT2D eigenvalue weighted by Crippen LogP contribution is 2.10. The number of ketones is 1. The van der Waals surface area contributed by atoms with E-state index in [9.17, 15) is 4.79 Å². The van der Waals surface area contributed by atoms with Crippen molar-refractivity contribution in [2.24, 2.45) is 0 Å². The standard InChI is InChI=1S/C15H14O2/c1-11-3-6-13(7-4-11)15(16)10-9-14-8-5-12(2)17-14/h3-10H,1-2H3. The Morgan fingerprint density at radius 1 is 1.06 bits per heavy atom. The number of hydrogen-bond acceptors (Lipinski definition) is 2. The van der Waals surface area contributed by atoms with Gasteiger partial charge in [-0.15, -0.1) is 0 Å². The maximum Gasteiger partial charge on any atom is 0.185 e. The summed E-state index contributed by atoms with van der Waals surface area (Å²) in [5.74, 6) is 1.52. The van der Waals surface area contributed by atoms with Crippen LogP contribution < -0.4 is 0 Å². The summed E-state index contributed by atoms with van der Waals surface area (Å²) in [5, 5.41) is 0. The molecule has 0 N–H and O–H groups in total. The minimum atomic E-state index is -0.0148. The highest BCUT2D eigenvalue weighted by molar-refractivity contribution is 6.06. The zero-order chi connectivity index (χ0) is 12.3. The van der Waals surface area contributed by atoms with Crippen molar-refractivity contribution < 1.29 is 9.21 Å². The number of furan rings is 1. The number of hydrogen-bond donors (Lipinski definition) is 0. The number of rotatable bonds is 3. The fourth-order valence-electron chi connectivity index (χ4n) is 1.51. The van der Waals surface area contributed by atoms with E-state index >= 15 is 0 Å². The maximum absolute atomic E-state index is 11.8. The molecule has 2 aromatic rings. The van der Waals surface area contributed by atoms with Gasteiger partial charge in [0.05, 0.1) is 0 Å². The largest absolute Gasteiger partial charge is 0.462 e. The second kappa shape index (κ2) is 4.83. The molecule has 0 spiro atoms.